The van der Waals surface area contributed by atoms with Crippen molar-refractivity contribution in [3.63, 3.8) is 0 Å². The Balaban J connectivity index is 2.33. The van der Waals surface area contributed by atoms with Crippen molar-refractivity contribution in [3.05, 3.63) is 35.9 Å². The minimum atomic E-state index is -0.881. The maximum absolute atomic E-state index is 12.0. The van der Waals surface area contributed by atoms with Crippen molar-refractivity contribution in [1.82, 2.24) is 5.32 Å². The molecule has 1 aliphatic rings. The molecule has 0 bridgehead atoms. The van der Waals surface area contributed by atoms with Gasteiger partial charge in [-0.25, -0.2) is 0 Å². The number of carbonyl (C=O) groups is 2. The number of ether oxygens (including phenoxy) is 2. The molecule has 20 heavy (non-hydrogen) atoms. The highest BCUT2D eigenvalue weighted by Crippen LogP contribution is 2.39. The third kappa shape index (κ3) is 2.54. The van der Waals surface area contributed by atoms with E-state index in [0.717, 1.165) is 5.56 Å². The van der Waals surface area contributed by atoms with Crippen LogP contribution in [0.2, 0.25) is 0 Å². The monoisotopic (exact) mass is 277 g/mol. The van der Waals surface area contributed by atoms with Gasteiger partial charge in [0, 0.05) is 6.04 Å². The Morgan fingerprint density at radius 2 is 1.85 bits per heavy atom. The van der Waals surface area contributed by atoms with Gasteiger partial charge in [-0.15, -0.1) is 0 Å². The van der Waals surface area contributed by atoms with E-state index in [1.165, 1.54) is 14.2 Å². The lowest BCUT2D eigenvalue weighted by atomic mass is 9.90. The van der Waals surface area contributed by atoms with Gasteiger partial charge in [0.2, 0.25) is 0 Å². The molecular weight excluding hydrogens is 258 g/mol. The predicted molar refractivity (Wildman–Crippen MR) is 72.9 cm³/mol. The van der Waals surface area contributed by atoms with Crippen molar-refractivity contribution >= 4 is 11.9 Å². The van der Waals surface area contributed by atoms with Gasteiger partial charge in [-0.05, 0) is 18.9 Å². The largest absolute Gasteiger partial charge is 0.469 e. The van der Waals surface area contributed by atoms with Gasteiger partial charge in [0.15, 0.2) is 0 Å². The second-order valence-corrected chi connectivity index (χ2v) is 5.19. The Labute approximate surface area is 118 Å². The van der Waals surface area contributed by atoms with Gasteiger partial charge in [0.1, 0.15) is 5.54 Å². The molecule has 0 unspecified atom stereocenters. The molecule has 0 aromatic heterocycles. The molecule has 0 aliphatic carbocycles. The number of esters is 2. The summed E-state index contributed by atoms with van der Waals surface area (Å²) in [5.41, 5.74) is 0.0734. The summed E-state index contributed by atoms with van der Waals surface area (Å²) in [4.78, 5) is 23.9. The Morgan fingerprint density at radius 3 is 2.40 bits per heavy atom. The summed E-state index contributed by atoms with van der Waals surface area (Å²) in [6.45, 7) is 1.75. The molecule has 0 amide bonds. The molecule has 1 heterocycles. The van der Waals surface area contributed by atoms with E-state index in [1.807, 2.05) is 30.3 Å². The molecule has 5 heteroatoms. The molecule has 1 aromatic carbocycles. The SMILES string of the molecule is COC(=O)[C@H]1C[C@](C)(C(=O)OC)N[C@@H]1c1ccccc1. The minimum absolute atomic E-state index is 0.257. The van der Waals surface area contributed by atoms with E-state index < -0.39 is 11.5 Å². The van der Waals surface area contributed by atoms with Crippen LogP contribution in [0.1, 0.15) is 24.9 Å². The summed E-state index contributed by atoms with van der Waals surface area (Å²) in [6.07, 6.45) is 0.353. The van der Waals surface area contributed by atoms with E-state index in [4.69, 9.17) is 9.47 Å². The number of methoxy groups -OCH3 is 2. The number of benzene rings is 1. The summed E-state index contributed by atoms with van der Waals surface area (Å²) >= 11 is 0. The van der Waals surface area contributed by atoms with Gasteiger partial charge < -0.3 is 9.47 Å². The Kier molecular flexibility index (Phi) is 4.09. The standard InChI is InChI=1S/C15H19NO4/c1-15(14(18)20-3)9-11(13(17)19-2)12(16-15)10-7-5-4-6-8-10/h4-8,11-12,16H,9H2,1-3H3/t11-,12+,15+/m0/s1. The summed E-state index contributed by atoms with van der Waals surface area (Å²) in [7, 11) is 2.70. The third-order valence-corrected chi connectivity index (χ3v) is 3.80. The zero-order valence-electron chi connectivity index (χ0n) is 11.9. The summed E-state index contributed by atoms with van der Waals surface area (Å²) in [6, 6.07) is 9.31. The highest BCUT2D eigenvalue weighted by Gasteiger charge is 2.50. The van der Waals surface area contributed by atoms with Gasteiger partial charge in [0.05, 0.1) is 20.1 Å². The van der Waals surface area contributed by atoms with Gasteiger partial charge in [-0.2, -0.15) is 0 Å². The fourth-order valence-corrected chi connectivity index (χ4v) is 2.77. The molecule has 3 atom stereocenters. The Bertz CT molecular complexity index is 502. The van der Waals surface area contributed by atoms with E-state index in [2.05, 4.69) is 5.32 Å². The molecule has 0 saturated carbocycles. The Morgan fingerprint density at radius 1 is 1.20 bits per heavy atom. The van der Waals surface area contributed by atoms with Crippen LogP contribution in [0.15, 0.2) is 30.3 Å². The van der Waals surface area contributed by atoms with Crippen molar-refractivity contribution in [2.24, 2.45) is 5.92 Å². The highest BCUT2D eigenvalue weighted by atomic mass is 16.5. The summed E-state index contributed by atoms with van der Waals surface area (Å²) < 4.78 is 9.69. The van der Waals surface area contributed by atoms with Crippen LogP contribution in [0, 0.1) is 5.92 Å². The van der Waals surface area contributed by atoms with Crippen LogP contribution in [-0.4, -0.2) is 31.7 Å². The molecule has 0 radical (unpaired) electrons. The smallest absolute Gasteiger partial charge is 0.325 e. The lowest BCUT2D eigenvalue weighted by Gasteiger charge is -2.22. The molecule has 2 rings (SSSR count). The second kappa shape index (κ2) is 5.63. The van der Waals surface area contributed by atoms with Crippen molar-refractivity contribution < 1.29 is 19.1 Å². The fraction of sp³-hybridized carbons (Fsp3) is 0.467. The molecule has 1 aromatic rings. The van der Waals surface area contributed by atoms with Crippen molar-refractivity contribution in [1.29, 1.82) is 0 Å². The summed E-state index contributed by atoms with van der Waals surface area (Å²) in [5.74, 6) is -1.10. The number of carbonyl (C=O) groups excluding carboxylic acids is 2. The van der Waals surface area contributed by atoms with E-state index in [9.17, 15) is 9.59 Å². The van der Waals surface area contributed by atoms with E-state index in [1.54, 1.807) is 6.92 Å². The van der Waals surface area contributed by atoms with Gasteiger partial charge in [0.25, 0.3) is 0 Å². The first-order valence-corrected chi connectivity index (χ1v) is 6.50. The van der Waals surface area contributed by atoms with Crippen LogP contribution < -0.4 is 5.32 Å². The zero-order valence-corrected chi connectivity index (χ0v) is 11.9. The third-order valence-electron chi connectivity index (χ3n) is 3.80. The molecular formula is C15H19NO4. The van der Waals surface area contributed by atoms with Crippen molar-refractivity contribution in [3.8, 4) is 0 Å². The first kappa shape index (κ1) is 14.5. The lowest BCUT2D eigenvalue weighted by molar-refractivity contribution is -0.148. The maximum atomic E-state index is 12.0. The number of rotatable bonds is 3. The number of hydrogen-bond donors (Lipinski definition) is 1. The molecule has 1 aliphatic heterocycles. The van der Waals surface area contributed by atoms with Crippen LogP contribution in [0.5, 0.6) is 0 Å². The van der Waals surface area contributed by atoms with Gasteiger partial charge in [-0.3, -0.25) is 14.9 Å². The number of hydrogen-bond acceptors (Lipinski definition) is 5. The molecule has 5 nitrogen and oxygen atoms in total. The quantitative estimate of drug-likeness (QED) is 0.847. The minimum Gasteiger partial charge on any atom is -0.469 e. The van der Waals surface area contributed by atoms with Crippen LogP contribution in [0.3, 0.4) is 0 Å². The highest BCUT2D eigenvalue weighted by molar-refractivity contribution is 5.84. The van der Waals surface area contributed by atoms with Gasteiger partial charge >= 0.3 is 11.9 Å². The number of nitrogens with one attached hydrogen (secondary N) is 1. The molecule has 0 spiro atoms. The van der Waals surface area contributed by atoms with Gasteiger partial charge in [-0.1, -0.05) is 30.3 Å². The normalized spacial score (nSPS) is 28.9. The first-order valence-electron chi connectivity index (χ1n) is 6.50. The lowest BCUT2D eigenvalue weighted by Crippen LogP contribution is -2.45. The average Bonchev–Trinajstić information content (AvgIpc) is 2.86. The van der Waals surface area contributed by atoms with Crippen LogP contribution in [0.4, 0.5) is 0 Å². The fourth-order valence-electron chi connectivity index (χ4n) is 2.77. The average molecular weight is 277 g/mol. The topological polar surface area (TPSA) is 64.6 Å². The second-order valence-electron chi connectivity index (χ2n) is 5.19. The van der Waals surface area contributed by atoms with Crippen LogP contribution in [-0.2, 0) is 19.1 Å². The van der Waals surface area contributed by atoms with Crippen LogP contribution in [0.25, 0.3) is 0 Å². The zero-order chi connectivity index (χ0) is 14.8. The molecule has 108 valence electrons. The summed E-state index contributed by atoms with van der Waals surface area (Å²) in [5, 5.41) is 3.22. The first-order chi connectivity index (χ1) is 9.51. The molecule has 1 saturated heterocycles. The van der Waals surface area contributed by atoms with E-state index >= 15 is 0 Å². The van der Waals surface area contributed by atoms with Crippen molar-refractivity contribution in [2.75, 3.05) is 14.2 Å². The Hall–Kier alpha value is -1.88. The van der Waals surface area contributed by atoms with Crippen LogP contribution >= 0.6 is 0 Å². The maximum Gasteiger partial charge on any atom is 0.325 e. The predicted octanol–water partition coefficient (Wildman–Crippen LogP) is 1.44. The van der Waals surface area contributed by atoms with E-state index in [0.29, 0.717) is 6.42 Å². The van der Waals surface area contributed by atoms with E-state index in [-0.39, 0.29) is 18.0 Å². The molecule has 1 N–H and O–H groups in total. The molecule has 1 fully saturated rings. The van der Waals surface area contributed by atoms with Crippen molar-refractivity contribution in [2.45, 2.75) is 24.9 Å².